The van der Waals surface area contributed by atoms with E-state index in [0.29, 0.717) is 38.8 Å². The first kappa shape index (κ1) is 25.8. The van der Waals surface area contributed by atoms with Crippen molar-refractivity contribution in [2.24, 2.45) is 0 Å². The van der Waals surface area contributed by atoms with Crippen LogP contribution in [0.4, 0.5) is 5.69 Å². The molecule has 8 nitrogen and oxygen atoms in total. The summed E-state index contributed by atoms with van der Waals surface area (Å²) in [6.45, 7) is 5.81. The molecule has 2 heterocycles. The summed E-state index contributed by atoms with van der Waals surface area (Å²) in [5.74, 6) is 0.517. The van der Waals surface area contributed by atoms with Crippen LogP contribution in [0.15, 0.2) is 50.8 Å². The Morgan fingerprint density at radius 3 is 2.83 bits per heavy atom. The molecule has 11 heteroatoms. The summed E-state index contributed by atoms with van der Waals surface area (Å²) in [6, 6.07) is 8.94. The highest BCUT2D eigenvalue weighted by Crippen LogP contribution is 2.27. The molecule has 1 saturated heterocycles. The molecule has 35 heavy (non-hydrogen) atoms. The van der Waals surface area contributed by atoms with Gasteiger partial charge in [-0.25, -0.2) is 9.66 Å². The fourth-order valence-electron chi connectivity index (χ4n) is 4.23. The van der Waals surface area contributed by atoms with E-state index < -0.39 is 10.8 Å². The van der Waals surface area contributed by atoms with E-state index in [2.05, 4.69) is 31.2 Å². The van der Waals surface area contributed by atoms with Gasteiger partial charge in [0.2, 0.25) is 5.91 Å². The Bertz CT molecular complexity index is 1360. The number of aromatic nitrogens is 2. The smallest absolute Gasteiger partial charge is 0.280 e. The lowest BCUT2D eigenvalue weighted by Gasteiger charge is -2.24. The number of rotatable bonds is 7. The second-order valence-electron chi connectivity index (χ2n) is 8.57. The van der Waals surface area contributed by atoms with E-state index in [4.69, 9.17) is 11.6 Å². The minimum atomic E-state index is -1.23. The van der Waals surface area contributed by atoms with Crippen LogP contribution < -0.4 is 11.0 Å². The molecule has 1 fully saturated rings. The molecule has 4 rings (SSSR count). The zero-order chi connectivity index (χ0) is 25.3. The van der Waals surface area contributed by atoms with Crippen molar-refractivity contribution in [2.75, 3.05) is 31.3 Å². The molecule has 0 aliphatic carbocycles. The number of nitrogens with zero attached hydrogens (tertiary/aromatic N) is 4. The summed E-state index contributed by atoms with van der Waals surface area (Å²) >= 11 is 9.77. The first-order valence-electron chi connectivity index (χ1n) is 11.3. The summed E-state index contributed by atoms with van der Waals surface area (Å²) in [5.41, 5.74) is 4.85. The highest BCUT2D eigenvalue weighted by atomic mass is 79.9. The first-order chi connectivity index (χ1) is 16.7. The second kappa shape index (κ2) is 10.8. The van der Waals surface area contributed by atoms with Crippen LogP contribution in [0.25, 0.3) is 10.9 Å². The molecule has 2 aromatic carbocycles. The topological polar surface area (TPSA) is 87.5 Å². The Labute approximate surface area is 219 Å². The highest BCUT2D eigenvalue weighted by Gasteiger charge is 2.27. The second-order valence-corrected chi connectivity index (χ2v) is 11.6. The van der Waals surface area contributed by atoms with Crippen molar-refractivity contribution in [1.82, 2.24) is 19.5 Å². The molecule has 0 bridgehead atoms. The van der Waals surface area contributed by atoms with Gasteiger partial charge in [-0.1, -0.05) is 34.5 Å². The monoisotopic (exact) mass is 579 g/mol. The number of anilines is 1. The maximum absolute atomic E-state index is 13.2. The lowest BCUT2D eigenvalue weighted by atomic mass is 10.1. The van der Waals surface area contributed by atoms with Crippen molar-refractivity contribution >= 4 is 60.8 Å². The fourth-order valence-corrected chi connectivity index (χ4v) is 5.75. The van der Waals surface area contributed by atoms with Crippen molar-refractivity contribution in [3.63, 3.8) is 0 Å². The number of carbonyl (C=O) groups excluding carboxylic acids is 1. The Kier molecular flexibility index (Phi) is 7.95. The van der Waals surface area contributed by atoms with Gasteiger partial charge in [0, 0.05) is 54.9 Å². The molecule has 0 spiro atoms. The Morgan fingerprint density at radius 1 is 1.34 bits per heavy atom. The molecule has 1 unspecified atom stereocenters. The zero-order valence-corrected chi connectivity index (χ0v) is 22.9. The van der Waals surface area contributed by atoms with E-state index in [1.54, 1.807) is 36.1 Å². The van der Waals surface area contributed by atoms with Gasteiger partial charge in [0.05, 0.1) is 32.3 Å². The summed E-state index contributed by atoms with van der Waals surface area (Å²) in [6.07, 6.45) is 2.36. The van der Waals surface area contributed by atoms with E-state index in [-0.39, 0.29) is 17.5 Å². The average Bonchev–Trinajstić information content (AvgIpc) is 3.29. The van der Waals surface area contributed by atoms with Gasteiger partial charge in [-0.3, -0.25) is 24.1 Å². The number of fused-ring (bicyclic) bond motifs is 1. The normalized spacial score (nSPS) is 17.0. The number of carbonyl (C=O) groups is 1. The summed E-state index contributed by atoms with van der Waals surface area (Å²) in [4.78, 5) is 34.1. The van der Waals surface area contributed by atoms with E-state index in [1.165, 1.54) is 11.0 Å². The number of nitrogens with one attached hydrogen (secondary N) is 1. The number of halogens is 2. The molecular formula is C24H27BrClN5O3S. The van der Waals surface area contributed by atoms with Crippen molar-refractivity contribution < 1.29 is 9.00 Å². The van der Waals surface area contributed by atoms with E-state index >= 15 is 0 Å². The molecular weight excluding hydrogens is 554 g/mol. The first-order valence-corrected chi connectivity index (χ1v) is 13.8. The number of benzene rings is 2. The quantitative estimate of drug-likeness (QED) is 0.457. The van der Waals surface area contributed by atoms with Gasteiger partial charge in [0.25, 0.3) is 5.56 Å². The van der Waals surface area contributed by atoms with E-state index in [0.717, 1.165) is 29.5 Å². The van der Waals surface area contributed by atoms with Gasteiger partial charge in [-0.15, -0.1) is 0 Å². The number of hydrogen-bond donors (Lipinski definition) is 1. The molecule has 0 saturated carbocycles. The van der Waals surface area contributed by atoms with E-state index in [1.807, 2.05) is 20.0 Å². The summed E-state index contributed by atoms with van der Waals surface area (Å²) < 4.78 is 14.5. The highest BCUT2D eigenvalue weighted by molar-refractivity contribution is 9.10. The summed E-state index contributed by atoms with van der Waals surface area (Å²) in [7, 11) is 0.619. The molecule has 186 valence electrons. The van der Waals surface area contributed by atoms with Gasteiger partial charge in [0.15, 0.2) is 0 Å². The maximum atomic E-state index is 13.2. The van der Waals surface area contributed by atoms with Crippen LogP contribution in [-0.2, 0) is 22.1 Å². The van der Waals surface area contributed by atoms with Gasteiger partial charge < -0.3 is 4.90 Å². The number of likely N-dealkylation sites (tertiary alicyclic amines) is 1. The number of amides is 1. The van der Waals surface area contributed by atoms with Crippen molar-refractivity contribution in [1.29, 1.82) is 0 Å². The van der Waals surface area contributed by atoms with Crippen molar-refractivity contribution in [3.8, 4) is 0 Å². The number of hydrogen-bond acceptors (Lipinski definition) is 6. The van der Waals surface area contributed by atoms with Crippen LogP contribution in [0.2, 0.25) is 5.02 Å². The minimum absolute atomic E-state index is 0.0728. The molecule has 2 atom stereocenters. The van der Waals surface area contributed by atoms with Crippen molar-refractivity contribution in [3.05, 3.63) is 62.1 Å². The lowest BCUT2D eigenvalue weighted by Crippen LogP contribution is -2.37. The Morgan fingerprint density at radius 2 is 2.11 bits per heavy atom. The third-order valence-electron chi connectivity index (χ3n) is 6.30. The van der Waals surface area contributed by atoms with Gasteiger partial charge in [-0.05, 0) is 42.3 Å². The van der Waals surface area contributed by atoms with Crippen molar-refractivity contribution in [2.45, 2.75) is 37.8 Å². The molecule has 1 aliphatic rings. The molecule has 1 aromatic heterocycles. The van der Waals surface area contributed by atoms with Crippen LogP contribution in [0, 0.1) is 0 Å². The molecule has 3 aromatic rings. The van der Waals surface area contributed by atoms with E-state index in [9.17, 15) is 13.8 Å². The fraction of sp³-hybridized carbons (Fsp3) is 0.375. The predicted octanol–water partition coefficient (Wildman–Crippen LogP) is 3.87. The Hall–Kier alpha value is -2.27. The van der Waals surface area contributed by atoms with Crippen LogP contribution in [-0.4, -0.2) is 61.5 Å². The minimum Gasteiger partial charge on any atom is -0.342 e. The van der Waals surface area contributed by atoms with Gasteiger partial charge in [-0.2, -0.15) is 0 Å². The zero-order valence-electron chi connectivity index (χ0n) is 19.8. The molecule has 1 amide bonds. The third kappa shape index (κ3) is 5.61. The standard InChI is InChI=1S/C24H27BrClN5O3S/c1-4-35(34)23-6-5-17(26)10-22(23)28-31-14-27-21-9-16(20(25)11-19(21)24(31)33)12-30-8-7-18(13-30)29(3)15(2)32/h5-6,9-11,14,18,28H,4,7-8,12-13H2,1-3H3/t18-,35?/m1/s1. The lowest BCUT2D eigenvalue weighted by molar-refractivity contribution is -0.129. The van der Waals surface area contributed by atoms with Crippen LogP contribution in [0.3, 0.4) is 0 Å². The maximum Gasteiger partial charge on any atom is 0.280 e. The molecule has 1 aliphatic heterocycles. The SMILES string of the molecule is CCS(=O)c1ccc(Cl)cc1Nn1cnc2cc(CN3CC[C@@H](N(C)C(C)=O)C3)c(Br)cc2c1=O. The average molecular weight is 581 g/mol. The molecule has 1 N–H and O–H groups in total. The van der Waals surface area contributed by atoms with Crippen LogP contribution in [0.1, 0.15) is 25.8 Å². The predicted molar refractivity (Wildman–Crippen MR) is 143 cm³/mol. The number of likely N-dealkylation sites (N-methyl/N-ethyl adjacent to an activating group) is 1. The Balaban J connectivity index is 1.59. The molecule has 0 radical (unpaired) electrons. The van der Waals surface area contributed by atoms with Gasteiger partial charge in [0.1, 0.15) is 6.33 Å². The van der Waals surface area contributed by atoms with Crippen LogP contribution in [0.5, 0.6) is 0 Å². The largest absolute Gasteiger partial charge is 0.342 e. The summed E-state index contributed by atoms with van der Waals surface area (Å²) in [5, 5.41) is 0.920. The third-order valence-corrected chi connectivity index (χ3v) is 8.65. The van der Waals surface area contributed by atoms with Crippen LogP contribution >= 0.6 is 27.5 Å². The van der Waals surface area contributed by atoms with Gasteiger partial charge >= 0.3 is 0 Å².